The van der Waals surface area contributed by atoms with Gasteiger partial charge in [-0.2, -0.15) is 0 Å². The fourth-order valence-corrected chi connectivity index (χ4v) is 2.00. The van der Waals surface area contributed by atoms with Crippen molar-refractivity contribution in [3.05, 3.63) is 23.3 Å². The molecule has 1 rings (SSSR count). The number of hydrogen-bond donors (Lipinski definition) is 1. The fourth-order valence-electron chi connectivity index (χ4n) is 2.00. The van der Waals surface area contributed by atoms with Gasteiger partial charge in [-0.3, -0.25) is 0 Å². The van der Waals surface area contributed by atoms with Crippen LogP contribution >= 0.6 is 0 Å². The molecule has 0 aliphatic heterocycles. The Balaban J connectivity index is 0.00000106. The standard InChI is InChI=1S/C13H22O.C2H6/c1-10(9-14)5-7-12-8-6-11(2)13(12,3)4;1-2/h5-6,12,14H,7-9H2,1-4H3;1-2H3/b10-5+;. The lowest BCUT2D eigenvalue weighted by Crippen LogP contribution is -2.19. The largest absolute Gasteiger partial charge is 0.392 e. The van der Waals surface area contributed by atoms with Gasteiger partial charge in [-0.15, -0.1) is 0 Å². The Labute approximate surface area is 101 Å². The number of allylic oxidation sites excluding steroid dienone is 3. The van der Waals surface area contributed by atoms with Gasteiger partial charge in [-0.1, -0.05) is 51.0 Å². The summed E-state index contributed by atoms with van der Waals surface area (Å²) in [5, 5.41) is 8.91. The van der Waals surface area contributed by atoms with Gasteiger partial charge in [0.1, 0.15) is 0 Å². The summed E-state index contributed by atoms with van der Waals surface area (Å²) in [6.07, 6.45) is 6.81. The molecule has 0 heterocycles. The maximum Gasteiger partial charge on any atom is 0.0639 e. The Morgan fingerprint density at radius 1 is 1.50 bits per heavy atom. The molecule has 0 bridgehead atoms. The second-order valence-corrected chi connectivity index (χ2v) is 4.99. The summed E-state index contributed by atoms with van der Waals surface area (Å²) in [5.74, 6) is 0.712. The van der Waals surface area contributed by atoms with E-state index in [2.05, 4.69) is 32.9 Å². The monoisotopic (exact) mass is 224 g/mol. The minimum atomic E-state index is 0.194. The van der Waals surface area contributed by atoms with Crippen LogP contribution in [0.15, 0.2) is 23.3 Å². The molecule has 0 aromatic carbocycles. The molecule has 1 aliphatic rings. The summed E-state index contributed by atoms with van der Waals surface area (Å²) >= 11 is 0. The lowest BCUT2D eigenvalue weighted by molar-refractivity contribution is 0.292. The molecular weight excluding hydrogens is 196 g/mol. The lowest BCUT2D eigenvalue weighted by Gasteiger charge is -2.29. The zero-order valence-electron chi connectivity index (χ0n) is 11.8. The molecule has 0 aromatic heterocycles. The Morgan fingerprint density at radius 3 is 2.44 bits per heavy atom. The van der Waals surface area contributed by atoms with Crippen molar-refractivity contribution in [3.8, 4) is 0 Å². The van der Waals surface area contributed by atoms with Crippen molar-refractivity contribution in [1.82, 2.24) is 0 Å². The summed E-state index contributed by atoms with van der Waals surface area (Å²) in [7, 11) is 0. The van der Waals surface area contributed by atoms with E-state index in [9.17, 15) is 0 Å². The first kappa shape index (κ1) is 15.4. The number of aliphatic hydroxyl groups excluding tert-OH is 1. The quantitative estimate of drug-likeness (QED) is 0.707. The van der Waals surface area contributed by atoms with Crippen LogP contribution in [0, 0.1) is 11.3 Å². The highest BCUT2D eigenvalue weighted by Crippen LogP contribution is 2.44. The third-order valence-corrected chi connectivity index (χ3v) is 3.75. The highest BCUT2D eigenvalue weighted by Gasteiger charge is 2.33. The van der Waals surface area contributed by atoms with Crippen LogP contribution in [-0.4, -0.2) is 11.7 Å². The molecule has 1 atom stereocenters. The molecule has 0 aromatic rings. The maximum absolute atomic E-state index is 8.91. The Morgan fingerprint density at radius 2 is 2.06 bits per heavy atom. The van der Waals surface area contributed by atoms with Crippen molar-refractivity contribution in [2.24, 2.45) is 11.3 Å². The first-order valence-corrected chi connectivity index (χ1v) is 6.42. The van der Waals surface area contributed by atoms with Gasteiger partial charge in [0, 0.05) is 0 Å². The number of hydrogen-bond acceptors (Lipinski definition) is 1. The van der Waals surface area contributed by atoms with Crippen LogP contribution in [-0.2, 0) is 0 Å². The summed E-state index contributed by atoms with van der Waals surface area (Å²) < 4.78 is 0. The lowest BCUT2D eigenvalue weighted by atomic mass is 9.76. The topological polar surface area (TPSA) is 20.2 Å². The van der Waals surface area contributed by atoms with Crippen LogP contribution in [0.25, 0.3) is 0 Å². The minimum Gasteiger partial charge on any atom is -0.392 e. The van der Waals surface area contributed by atoms with E-state index in [0.717, 1.165) is 12.0 Å². The molecule has 0 saturated heterocycles. The van der Waals surface area contributed by atoms with Crippen molar-refractivity contribution < 1.29 is 5.11 Å². The molecule has 0 radical (unpaired) electrons. The van der Waals surface area contributed by atoms with E-state index in [1.165, 1.54) is 12.0 Å². The highest BCUT2D eigenvalue weighted by atomic mass is 16.3. The molecule has 1 N–H and O–H groups in total. The summed E-state index contributed by atoms with van der Waals surface area (Å²) in [6.45, 7) is 13.0. The van der Waals surface area contributed by atoms with Crippen LogP contribution in [0.4, 0.5) is 0 Å². The fraction of sp³-hybridized carbons (Fsp3) is 0.733. The minimum absolute atomic E-state index is 0.194. The maximum atomic E-state index is 8.91. The molecule has 1 aliphatic carbocycles. The van der Waals surface area contributed by atoms with Gasteiger partial charge >= 0.3 is 0 Å². The molecule has 94 valence electrons. The van der Waals surface area contributed by atoms with Gasteiger partial charge in [0.25, 0.3) is 0 Å². The van der Waals surface area contributed by atoms with E-state index in [0.29, 0.717) is 11.3 Å². The smallest absolute Gasteiger partial charge is 0.0639 e. The Hall–Kier alpha value is -0.560. The van der Waals surface area contributed by atoms with Gasteiger partial charge < -0.3 is 5.11 Å². The van der Waals surface area contributed by atoms with E-state index >= 15 is 0 Å². The molecule has 0 saturated carbocycles. The van der Waals surface area contributed by atoms with E-state index in [1.807, 2.05) is 20.8 Å². The van der Waals surface area contributed by atoms with Gasteiger partial charge in [-0.05, 0) is 38.0 Å². The molecule has 0 spiro atoms. The molecule has 0 amide bonds. The zero-order valence-corrected chi connectivity index (χ0v) is 11.8. The summed E-state index contributed by atoms with van der Waals surface area (Å²) in [5.41, 5.74) is 2.94. The zero-order chi connectivity index (χ0) is 12.8. The van der Waals surface area contributed by atoms with Crippen molar-refractivity contribution in [2.45, 2.75) is 54.4 Å². The molecule has 1 heteroatoms. The third kappa shape index (κ3) is 3.79. The second-order valence-electron chi connectivity index (χ2n) is 4.99. The van der Waals surface area contributed by atoms with Gasteiger partial charge in [0.05, 0.1) is 6.61 Å². The molecule has 1 nitrogen and oxygen atoms in total. The number of rotatable bonds is 3. The van der Waals surface area contributed by atoms with Crippen molar-refractivity contribution in [2.75, 3.05) is 6.61 Å². The van der Waals surface area contributed by atoms with E-state index in [-0.39, 0.29) is 6.61 Å². The molecular formula is C15H28O. The van der Waals surface area contributed by atoms with Crippen molar-refractivity contribution in [1.29, 1.82) is 0 Å². The van der Waals surface area contributed by atoms with Crippen LogP contribution in [0.2, 0.25) is 0 Å². The van der Waals surface area contributed by atoms with Gasteiger partial charge in [0.15, 0.2) is 0 Å². The normalized spacial score (nSPS) is 23.6. The molecule has 16 heavy (non-hydrogen) atoms. The average Bonchev–Trinajstić information content (AvgIpc) is 2.54. The van der Waals surface area contributed by atoms with Gasteiger partial charge in [-0.25, -0.2) is 0 Å². The van der Waals surface area contributed by atoms with E-state index in [1.54, 1.807) is 0 Å². The Bertz CT molecular complexity index is 259. The SMILES string of the molecule is CC.CC1=CCC(C/C=C(\C)CO)C1(C)C. The molecule has 1 unspecified atom stereocenters. The average molecular weight is 224 g/mol. The highest BCUT2D eigenvalue weighted by molar-refractivity contribution is 5.19. The van der Waals surface area contributed by atoms with E-state index in [4.69, 9.17) is 5.11 Å². The van der Waals surface area contributed by atoms with Gasteiger partial charge in [0.2, 0.25) is 0 Å². The Kier molecular flexibility index (Phi) is 6.66. The van der Waals surface area contributed by atoms with Crippen LogP contribution in [0.1, 0.15) is 54.4 Å². The first-order chi connectivity index (χ1) is 7.48. The van der Waals surface area contributed by atoms with Crippen molar-refractivity contribution in [3.63, 3.8) is 0 Å². The predicted molar refractivity (Wildman–Crippen MR) is 72.5 cm³/mol. The second kappa shape index (κ2) is 6.90. The third-order valence-electron chi connectivity index (χ3n) is 3.75. The predicted octanol–water partition coefficient (Wildman–Crippen LogP) is 4.33. The number of aliphatic hydroxyl groups is 1. The summed E-state index contributed by atoms with van der Waals surface area (Å²) in [6, 6.07) is 0. The molecule has 0 fully saturated rings. The van der Waals surface area contributed by atoms with Crippen LogP contribution in [0.5, 0.6) is 0 Å². The van der Waals surface area contributed by atoms with Crippen LogP contribution in [0.3, 0.4) is 0 Å². The summed E-state index contributed by atoms with van der Waals surface area (Å²) in [4.78, 5) is 0. The first-order valence-electron chi connectivity index (χ1n) is 6.42. The van der Waals surface area contributed by atoms with Crippen LogP contribution < -0.4 is 0 Å². The van der Waals surface area contributed by atoms with E-state index < -0.39 is 0 Å². The van der Waals surface area contributed by atoms with Crippen molar-refractivity contribution >= 4 is 0 Å².